The van der Waals surface area contributed by atoms with Crippen molar-refractivity contribution >= 4 is 28.2 Å². The van der Waals surface area contributed by atoms with Crippen LogP contribution >= 0.6 is 0 Å². The molecule has 4 heterocycles. The van der Waals surface area contributed by atoms with Crippen LogP contribution in [0.3, 0.4) is 0 Å². The second-order valence-corrected chi connectivity index (χ2v) is 7.15. The molecule has 0 spiro atoms. The van der Waals surface area contributed by atoms with Gasteiger partial charge in [0.1, 0.15) is 28.6 Å². The zero-order chi connectivity index (χ0) is 17.6. The molecule has 8 nitrogen and oxygen atoms in total. The maximum absolute atomic E-state index is 12.6. The molecule has 0 saturated carbocycles. The van der Waals surface area contributed by atoms with Gasteiger partial charge < -0.3 is 19.4 Å². The quantitative estimate of drug-likeness (QED) is 0.708. The van der Waals surface area contributed by atoms with Crippen molar-refractivity contribution in [1.29, 1.82) is 0 Å². The summed E-state index contributed by atoms with van der Waals surface area (Å²) in [4.78, 5) is 29.7. The monoisotopic (exact) mass is 343 g/mol. The number of hydrogen-bond donors (Lipinski definition) is 2. The number of ether oxygens (including phenoxy) is 2. The van der Waals surface area contributed by atoms with Gasteiger partial charge in [0.15, 0.2) is 0 Å². The molecule has 3 aromatic heterocycles. The fraction of sp³-hybridized carbons (Fsp3) is 0.471. The zero-order valence-electron chi connectivity index (χ0n) is 14.5. The van der Waals surface area contributed by atoms with Crippen LogP contribution in [0.5, 0.6) is 0 Å². The van der Waals surface area contributed by atoms with Gasteiger partial charge in [0.2, 0.25) is 0 Å². The topological polar surface area (TPSA) is 96.1 Å². The van der Waals surface area contributed by atoms with Gasteiger partial charge in [-0.25, -0.2) is 14.8 Å². The fourth-order valence-corrected chi connectivity index (χ4v) is 3.02. The summed E-state index contributed by atoms with van der Waals surface area (Å²) in [6.07, 6.45) is 3.22. The van der Waals surface area contributed by atoms with E-state index in [1.807, 2.05) is 33.0 Å². The molecule has 0 radical (unpaired) electrons. The molecule has 0 aromatic carbocycles. The molecule has 1 aliphatic heterocycles. The Labute approximate surface area is 144 Å². The lowest BCUT2D eigenvalue weighted by Gasteiger charge is -2.35. The van der Waals surface area contributed by atoms with E-state index in [4.69, 9.17) is 14.5 Å². The first-order valence-electron chi connectivity index (χ1n) is 8.31. The number of hydrogen-bond acceptors (Lipinski definition) is 5. The number of aromatic nitrogens is 4. The van der Waals surface area contributed by atoms with Gasteiger partial charge in [-0.15, -0.1) is 0 Å². The van der Waals surface area contributed by atoms with Crippen LogP contribution in [-0.4, -0.2) is 56.3 Å². The van der Waals surface area contributed by atoms with Gasteiger partial charge in [0.25, 0.3) is 0 Å². The number of amides is 1. The summed E-state index contributed by atoms with van der Waals surface area (Å²) < 4.78 is 11.1. The van der Waals surface area contributed by atoms with Crippen LogP contribution in [-0.2, 0) is 9.47 Å². The Morgan fingerprint density at radius 2 is 2.28 bits per heavy atom. The normalized spacial score (nSPS) is 18.8. The minimum Gasteiger partial charge on any atom is -0.444 e. The molecule has 1 unspecified atom stereocenters. The van der Waals surface area contributed by atoms with Crippen molar-refractivity contribution in [3.8, 4) is 0 Å². The number of carbonyl (C=O) groups is 1. The second kappa shape index (κ2) is 5.73. The number of nitrogens with zero attached hydrogens (tertiary/aromatic N) is 3. The van der Waals surface area contributed by atoms with E-state index in [1.54, 1.807) is 11.1 Å². The van der Waals surface area contributed by atoms with Crippen LogP contribution in [0, 0.1) is 0 Å². The molecule has 1 fully saturated rings. The molecule has 8 heteroatoms. The van der Waals surface area contributed by atoms with Crippen molar-refractivity contribution in [2.45, 2.75) is 32.4 Å². The molecule has 3 aromatic rings. The van der Waals surface area contributed by atoms with E-state index < -0.39 is 5.60 Å². The smallest absolute Gasteiger partial charge is 0.411 e. The number of H-pyrrole nitrogens is 2. The highest BCUT2D eigenvalue weighted by Crippen LogP contribution is 2.28. The summed E-state index contributed by atoms with van der Waals surface area (Å²) in [5.74, 6) is 0.677. The van der Waals surface area contributed by atoms with E-state index in [2.05, 4.69) is 15.0 Å². The Balaban J connectivity index is 1.70. The number of morpholine rings is 1. The van der Waals surface area contributed by atoms with E-state index in [-0.39, 0.29) is 12.1 Å². The van der Waals surface area contributed by atoms with E-state index >= 15 is 0 Å². The Morgan fingerprint density at radius 3 is 3.08 bits per heavy atom. The summed E-state index contributed by atoms with van der Waals surface area (Å²) >= 11 is 0. The van der Waals surface area contributed by atoms with Crippen molar-refractivity contribution in [3.63, 3.8) is 0 Å². The van der Waals surface area contributed by atoms with Crippen molar-refractivity contribution in [3.05, 3.63) is 24.3 Å². The lowest BCUT2D eigenvalue weighted by atomic mass is 10.2. The van der Waals surface area contributed by atoms with E-state index in [1.165, 1.54) is 0 Å². The van der Waals surface area contributed by atoms with Gasteiger partial charge in [-0.2, -0.15) is 0 Å². The third-order valence-electron chi connectivity index (χ3n) is 4.13. The summed E-state index contributed by atoms with van der Waals surface area (Å²) in [5, 5.41) is 0.945. The predicted octanol–water partition coefficient (Wildman–Crippen LogP) is 2.75. The Morgan fingerprint density at radius 1 is 1.44 bits per heavy atom. The van der Waals surface area contributed by atoms with Crippen molar-refractivity contribution < 1.29 is 14.3 Å². The largest absolute Gasteiger partial charge is 0.444 e. The molecule has 132 valence electrons. The molecule has 2 N–H and O–H groups in total. The average Bonchev–Trinajstić information content (AvgIpc) is 3.19. The Kier molecular flexibility index (Phi) is 3.64. The van der Waals surface area contributed by atoms with Gasteiger partial charge in [0, 0.05) is 18.1 Å². The van der Waals surface area contributed by atoms with Crippen molar-refractivity contribution in [2.24, 2.45) is 0 Å². The van der Waals surface area contributed by atoms with Gasteiger partial charge in [-0.3, -0.25) is 4.90 Å². The van der Waals surface area contributed by atoms with Gasteiger partial charge in [-0.1, -0.05) is 0 Å². The Hall–Kier alpha value is -2.61. The molecule has 1 saturated heterocycles. The van der Waals surface area contributed by atoms with Crippen LogP contribution in [0.15, 0.2) is 18.5 Å². The highest BCUT2D eigenvalue weighted by Gasteiger charge is 2.34. The third kappa shape index (κ3) is 2.93. The summed E-state index contributed by atoms with van der Waals surface area (Å²) in [6.45, 7) is 6.90. The lowest BCUT2D eigenvalue weighted by molar-refractivity contribution is -0.0348. The summed E-state index contributed by atoms with van der Waals surface area (Å²) in [7, 11) is 0. The Bertz CT molecular complexity index is 923. The molecule has 1 amide bonds. The minimum absolute atomic E-state index is 0.315. The second-order valence-electron chi connectivity index (χ2n) is 7.15. The molecule has 4 rings (SSSR count). The number of aromatic amines is 2. The number of imidazole rings is 1. The molecule has 1 aliphatic rings. The van der Waals surface area contributed by atoms with Crippen LogP contribution < -0.4 is 0 Å². The van der Waals surface area contributed by atoms with Crippen molar-refractivity contribution in [1.82, 2.24) is 24.8 Å². The third-order valence-corrected chi connectivity index (χ3v) is 4.13. The number of fused-ring (bicyclic) bond motifs is 3. The van der Waals surface area contributed by atoms with Gasteiger partial charge in [-0.05, 0) is 26.8 Å². The van der Waals surface area contributed by atoms with Crippen LogP contribution in [0.25, 0.3) is 22.1 Å². The summed E-state index contributed by atoms with van der Waals surface area (Å²) in [6, 6.07) is 1.63. The van der Waals surface area contributed by atoms with E-state index in [0.29, 0.717) is 25.6 Å². The molecule has 1 atom stereocenters. The molecule has 0 bridgehead atoms. The van der Waals surface area contributed by atoms with Gasteiger partial charge in [0.05, 0.1) is 24.9 Å². The average molecular weight is 343 g/mol. The number of pyridine rings is 1. The van der Waals surface area contributed by atoms with E-state index in [0.717, 1.165) is 22.1 Å². The fourth-order valence-electron chi connectivity index (χ4n) is 3.02. The first-order valence-corrected chi connectivity index (χ1v) is 8.31. The zero-order valence-corrected chi connectivity index (χ0v) is 14.5. The molecule has 25 heavy (non-hydrogen) atoms. The van der Waals surface area contributed by atoms with Crippen LogP contribution in [0.4, 0.5) is 4.79 Å². The lowest BCUT2D eigenvalue weighted by Crippen LogP contribution is -2.46. The maximum Gasteiger partial charge on any atom is 0.411 e. The molecular formula is C17H21N5O3. The van der Waals surface area contributed by atoms with Crippen LogP contribution in [0.2, 0.25) is 0 Å². The molecule has 0 aliphatic carbocycles. The SMILES string of the molecule is CC(C)(C)OC(=O)N1CCOCC1c1nc2c(cnc3[nH]ccc32)[nH]1. The van der Waals surface area contributed by atoms with Crippen LogP contribution in [0.1, 0.15) is 32.6 Å². The standard InChI is InChI=1S/C17H21N5O3/c1-17(2,3)25-16(23)22-6-7-24-9-12(22)15-20-11-8-19-14-10(4-5-18-14)13(11)21-15/h4-5,8,12H,6-7,9H2,1-3H3,(H,18,19)(H,20,21). The predicted molar refractivity (Wildman–Crippen MR) is 92.2 cm³/mol. The van der Waals surface area contributed by atoms with Gasteiger partial charge >= 0.3 is 6.09 Å². The minimum atomic E-state index is -0.547. The van der Waals surface area contributed by atoms with E-state index in [9.17, 15) is 4.79 Å². The van der Waals surface area contributed by atoms with Crippen molar-refractivity contribution in [2.75, 3.05) is 19.8 Å². The highest BCUT2D eigenvalue weighted by atomic mass is 16.6. The first-order chi connectivity index (χ1) is 11.9. The molecular weight excluding hydrogens is 322 g/mol. The maximum atomic E-state index is 12.6. The first kappa shape index (κ1) is 15.9. The number of carbonyl (C=O) groups excluding carboxylic acids is 1. The number of nitrogens with one attached hydrogen (secondary N) is 2. The number of rotatable bonds is 1. The highest BCUT2D eigenvalue weighted by molar-refractivity contribution is 6.00. The summed E-state index contributed by atoms with van der Waals surface area (Å²) in [5.41, 5.74) is 1.90.